The highest BCUT2D eigenvalue weighted by atomic mass is 32.2. The Morgan fingerprint density at radius 2 is 1.89 bits per heavy atom. The van der Waals surface area contributed by atoms with Gasteiger partial charge in [0, 0.05) is 37.4 Å². The summed E-state index contributed by atoms with van der Waals surface area (Å²) in [6.45, 7) is 4.32. The molecule has 146 valence electrons. The minimum atomic E-state index is -3.21. The van der Waals surface area contributed by atoms with Crippen molar-refractivity contribution in [3.63, 3.8) is 0 Å². The molecule has 1 aromatic carbocycles. The van der Waals surface area contributed by atoms with Gasteiger partial charge in [0.2, 0.25) is 15.9 Å². The molecule has 0 aromatic heterocycles. The van der Waals surface area contributed by atoms with Gasteiger partial charge in [-0.25, -0.2) is 8.42 Å². The molecule has 1 heterocycles. The molecule has 7 nitrogen and oxygen atoms in total. The van der Waals surface area contributed by atoms with Crippen LogP contribution in [-0.4, -0.2) is 56.0 Å². The van der Waals surface area contributed by atoms with Crippen molar-refractivity contribution in [1.82, 2.24) is 9.62 Å². The Morgan fingerprint density at radius 1 is 1.22 bits per heavy atom. The normalized spacial score (nSPS) is 20.7. The SMILES string of the molecule is C=CC(=O)N(C)c1ccc(C(=O)N[C@@H]2CCCN(S(=O)(=O)C3CC3)C2)cc1. The highest BCUT2D eigenvalue weighted by Crippen LogP contribution is 2.32. The maximum Gasteiger partial charge on any atom is 0.251 e. The van der Waals surface area contributed by atoms with Crippen LogP contribution in [0.2, 0.25) is 0 Å². The molecule has 2 aliphatic rings. The van der Waals surface area contributed by atoms with Crippen LogP contribution < -0.4 is 10.2 Å². The van der Waals surface area contributed by atoms with Gasteiger partial charge in [0.25, 0.3) is 5.91 Å². The molecule has 0 radical (unpaired) electrons. The number of likely N-dealkylation sites (N-methyl/N-ethyl adjacent to an activating group) is 1. The molecule has 3 rings (SSSR count). The van der Waals surface area contributed by atoms with E-state index < -0.39 is 10.0 Å². The molecule has 1 saturated heterocycles. The smallest absolute Gasteiger partial charge is 0.251 e. The van der Waals surface area contributed by atoms with Crippen molar-refractivity contribution >= 4 is 27.5 Å². The Balaban J connectivity index is 1.61. The zero-order valence-corrected chi connectivity index (χ0v) is 16.2. The second-order valence-electron chi connectivity index (χ2n) is 7.06. The van der Waals surface area contributed by atoms with E-state index in [4.69, 9.17) is 0 Å². The monoisotopic (exact) mass is 391 g/mol. The first-order valence-electron chi connectivity index (χ1n) is 9.13. The zero-order chi connectivity index (χ0) is 19.6. The van der Waals surface area contributed by atoms with Gasteiger partial charge in [0.1, 0.15) is 0 Å². The van der Waals surface area contributed by atoms with Crippen LogP contribution in [0.4, 0.5) is 5.69 Å². The summed E-state index contributed by atoms with van der Waals surface area (Å²) in [7, 11) is -1.58. The molecule has 0 unspecified atom stereocenters. The van der Waals surface area contributed by atoms with Crippen molar-refractivity contribution in [3.05, 3.63) is 42.5 Å². The van der Waals surface area contributed by atoms with Crippen molar-refractivity contribution in [2.45, 2.75) is 37.0 Å². The summed E-state index contributed by atoms with van der Waals surface area (Å²) in [5.41, 5.74) is 1.14. The molecule has 1 N–H and O–H groups in total. The molecule has 27 heavy (non-hydrogen) atoms. The van der Waals surface area contributed by atoms with E-state index in [0.717, 1.165) is 25.7 Å². The highest BCUT2D eigenvalue weighted by molar-refractivity contribution is 7.90. The standard InChI is InChI=1S/C19H25N3O4S/c1-3-18(23)21(2)16-8-6-14(7-9-16)19(24)20-15-5-4-12-22(13-15)27(25,26)17-10-11-17/h3,6-9,15,17H,1,4-5,10-13H2,2H3,(H,20,24)/t15-/m1/s1. The van der Waals surface area contributed by atoms with Gasteiger partial charge in [0.05, 0.1) is 5.25 Å². The third-order valence-electron chi connectivity index (χ3n) is 5.05. The molecule has 1 aliphatic carbocycles. The number of hydrogen-bond donors (Lipinski definition) is 1. The van der Waals surface area contributed by atoms with E-state index in [2.05, 4.69) is 11.9 Å². The number of anilines is 1. The third kappa shape index (κ3) is 4.39. The number of nitrogens with one attached hydrogen (secondary N) is 1. The number of amides is 2. The topological polar surface area (TPSA) is 86.8 Å². The second kappa shape index (κ2) is 7.82. The first kappa shape index (κ1) is 19.6. The summed E-state index contributed by atoms with van der Waals surface area (Å²) in [6.07, 6.45) is 4.21. The summed E-state index contributed by atoms with van der Waals surface area (Å²) < 4.78 is 26.3. The van der Waals surface area contributed by atoms with E-state index >= 15 is 0 Å². The number of rotatable bonds is 6. The zero-order valence-electron chi connectivity index (χ0n) is 15.4. The van der Waals surface area contributed by atoms with Gasteiger partial charge in [-0.2, -0.15) is 4.31 Å². The number of carbonyl (C=O) groups is 2. The fourth-order valence-corrected chi connectivity index (χ4v) is 5.16. The van der Waals surface area contributed by atoms with Crippen molar-refractivity contribution in [2.75, 3.05) is 25.0 Å². The van der Waals surface area contributed by atoms with Crippen LogP contribution >= 0.6 is 0 Å². The van der Waals surface area contributed by atoms with Crippen molar-refractivity contribution in [2.24, 2.45) is 0 Å². The number of hydrogen-bond acceptors (Lipinski definition) is 4. The quantitative estimate of drug-likeness (QED) is 0.745. The van der Waals surface area contributed by atoms with Gasteiger partial charge in [-0.05, 0) is 56.0 Å². The van der Waals surface area contributed by atoms with E-state index in [1.165, 1.54) is 15.3 Å². The minimum Gasteiger partial charge on any atom is -0.348 e. The molecule has 0 bridgehead atoms. The van der Waals surface area contributed by atoms with Crippen LogP contribution in [0, 0.1) is 0 Å². The van der Waals surface area contributed by atoms with Crippen LogP contribution in [0.15, 0.2) is 36.9 Å². The van der Waals surface area contributed by atoms with Gasteiger partial charge in [-0.1, -0.05) is 6.58 Å². The molecule has 8 heteroatoms. The minimum absolute atomic E-state index is 0.190. The first-order valence-corrected chi connectivity index (χ1v) is 10.6. The average Bonchev–Trinajstić information content (AvgIpc) is 3.53. The van der Waals surface area contributed by atoms with E-state index in [-0.39, 0.29) is 23.1 Å². The second-order valence-corrected chi connectivity index (χ2v) is 9.28. The Bertz CT molecular complexity index is 831. The van der Waals surface area contributed by atoms with Gasteiger partial charge in [-0.15, -0.1) is 0 Å². The average molecular weight is 391 g/mol. The maximum atomic E-state index is 12.5. The van der Waals surface area contributed by atoms with Gasteiger partial charge in [0.15, 0.2) is 0 Å². The van der Waals surface area contributed by atoms with Crippen molar-refractivity contribution in [1.29, 1.82) is 0 Å². The van der Waals surface area contributed by atoms with Crippen molar-refractivity contribution in [3.8, 4) is 0 Å². The number of carbonyl (C=O) groups excluding carboxylic acids is 2. The van der Waals surface area contributed by atoms with Gasteiger partial charge >= 0.3 is 0 Å². The summed E-state index contributed by atoms with van der Waals surface area (Å²) in [4.78, 5) is 25.6. The largest absolute Gasteiger partial charge is 0.348 e. The first-order chi connectivity index (χ1) is 12.8. The number of nitrogens with zero attached hydrogens (tertiary/aromatic N) is 2. The van der Waals surface area contributed by atoms with E-state index in [0.29, 0.717) is 24.3 Å². The lowest BCUT2D eigenvalue weighted by Gasteiger charge is -2.32. The highest BCUT2D eigenvalue weighted by Gasteiger charge is 2.41. The Kier molecular flexibility index (Phi) is 5.67. The molecular formula is C19H25N3O4S. The molecule has 2 fully saturated rings. The van der Waals surface area contributed by atoms with Crippen LogP contribution in [0.3, 0.4) is 0 Å². The molecule has 2 amide bonds. The summed E-state index contributed by atoms with van der Waals surface area (Å²) in [6, 6.07) is 6.50. The predicted molar refractivity (Wildman–Crippen MR) is 104 cm³/mol. The van der Waals surface area contributed by atoms with Gasteiger partial charge in [-0.3, -0.25) is 9.59 Å². The van der Waals surface area contributed by atoms with Crippen LogP contribution in [0.25, 0.3) is 0 Å². The summed E-state index contributed by atoms with van der Waals surface area (Å²) in [5.74, 6) is -0.471. The van der Waals surface area contributed by atoms with Crippen molar-refractivity contribution < 1.29 is 18.0 Å². The summed E-state index contributed by atoms with van der Waals surface area (Å²) in [5, 5.41) is 2.71. The third-order valence-corrected chi connectivity index (χ3v) is 7.41. The fourth-order valence-electron chi connectivity index (χ4n) is 3.24. The van der Waals surface area contributed by atoms with Crippen LogP contribution in [-0.2, 0) is 14.8 Å². The summed E-state index contributed by atoms with van der Waals surface area (Å²) >= 11 is 0. The van der Waals surface area contributed by atoms with E-state index in [1.807, 2.05) is 0 Å². The molecule has 1 saturated carbocycles. The Morgan fingerprint density at radius 3 is 2.48 bits per heavy atom. The van der Waals surface area contributed by atoms with E-state index in [9.17, 15) is 18.0 Å². The maximum absolute atomic E-state index is 12.5. The predicted octanol–water partition coefficient (Wildman–Crippen LogP) is 1.52. The molecular weight excluding hydrogens is 366 g/mol. The van der Waals surface area contributed by atoms with Gasteiger partial charge < -0.3 is 10.2 Å². The lowest BCUT2D eigenvalue weighted by atomic mass is 10.1. The van der Waals surface area contributed by atoms with Crippen LogP contribution in [0.1, 0.15) is 36.0 Å². The lowest BCUT2D eigenvalue weighted by molar-refractivity contribution is -0.113. The van der Waals surface area contributed by atoms with Crippen LogP contribution in [0.5, 0.6) is 0 Å². The lowest BCUT2D eigenvalue weighted by Crippen LogP contribution is -2.50. The van der Waals surface area contributed by atoms with E-state index in [1.54, 1.807) is 31.3 Å². The molecule has 0 spiro atoms. The molecule has 1 aromatic rings. The number of sulfonamides is 1. The molecule has 1 aliphatic heterocycles. The number of benzene rings is 1. The Hall–Kier alpha value is -2.19. The Labute approximate surface area is 160 Å². The number of piperidine rings is 1. The molecule has 1 atom stereocenters. The fraction of sp³-hybridized carbons (Fsp3) is 0.474.